The van der Waals surface area contributed by atoms with Gasteiger partial charge >= 0.3 is 12.0 Å². The van der Waals surface area contributed by atoms with Crippen LogP contribution in [0.25, 0.3) is 0 Å². The van der Waals surface area contributed by atoms with Crippen molar-refractivity contribution in [2.75, 3.05) is 20.3 Å². The lowest BCUT2D eigenvalue weighted by Crippen LogP contribution is -2.50. The molecule has 164 valence electrons. The van der Waals surface area contributed by atoms with E-state index >= 15 is 0 Å². The molecule has 1 saturated carbocycles. The lowest BCUT2D eigenvalue weighted by molar-refractivity contribution is -0.144. The van der Waals surface area contributed by atoms with Crippen LogP contribution in [0.5, 0.6) is 5.75 Å². The molecule has 0 spiro atoms. The highest BCUT2D eigenvalue weighted by Crippen LogP contribution is 2.25. The van der Waals surface area contributed by atoms with E-state index in [1.807, 2.05) is 32.0 Å². The summed E-state index contributed by atoms with van der Waals surface area (Å²) in [5, 5.41) is 5.78. The minimum Gasteiger partial charge on any atom is -0.491 e. The summed E-state index contributed by atoms with van der Waals surface area (Å²) in [6.45, 7) is 4.86. The van der Waals surface area contributed by atoms with Crippen LogP contribution in [0.15, 0.2) is 18.2 Å². The molecule has 1 atom stereocenters. The largest absolute Gasteiger partial charge is 0.491 e. The molecule has 3 rings (SSSR count). The van der Waals surface area contributed by atoms with Crippen molar-refractivity contribution in [3.63, 3.8) is 0 Å². The molecule has 2 N–H and O–H groups in total. The predicted octanol–water partition coefficient (Wildman–Crippen LogP) is 2.00. The minimum absolute atomic E-state index is 0.0761. The van der Waals surface area contributed by atoms with Gasteiger partial charge in [0.05, 0.1) is 20.2 Å². The van der Waals surface area contributed by atoms with Gasteiger partial charge in [0.2, 0.25) is 5.91 Å². The normalized spacial score (nSPS) is 16.7. The molecule has 1 aromatic rings. The standard InChI is InChI=1S/C22H31N3O5/c1-14(2)20(21(27)29-3)24-22(28)25-10-11-30-18-8-4-15(12-16(18)13-25)5-9-19(26)23-17-6-7-17/h4,8,12,14,17,20H,5-7,9-11,13H2,1-3H3,(H,23,26)(H,24,28). The van der Waals surface area contributed by atoms with E-state index in [4.69, 9.17) is 9.47 Å². The van der Waals surface area contributed by atoms with Crippen LogP contribution >= 0.6 is 0 Å². The fourth-order valence-electron chi connectivity index (χ4n) is 3.41. The number of hydrogen-bond acceptors (Lipinski definition) is 5. The summed E-state index contributed by atoms with van der Waals surface area (Å²) in [6, 6.07) is 5.18. The van der Waals surface area contributed by atoms with Crippen molar-refractivity contribution in [2.24, 2.45) is 5.92 Å². The van der Waals surface area contributed by atoms with Crippen LogP contribution < -0.4 is 15.4 Å². The van der Waals surface area contributed by atoms with Crippen LogP contribution in [-0.2, 0) is 27.3 Å². The third kappa shape index (κ3) is 5.87. The van der Waals surface area contributed by atoms with Crippen LogP contribution in [0, 0.1) is 5.92 Å². The predicted molar refractivity (Wildman–Crippen MR) is 111 cm³/mol. The van der Waals surface area contributed by atoms with Crippen LogP contribution in [0.3, 0.4) is 0 Å². The first-order valence-corrected chi connectivity index (χ1v) is 10.5. The van der Waals surface area contributed by atoms with Gasteiger partial charge in [-0.25, -0.2) is 9.59 Å². The van der Waals surface area contributed by atoms with E-state index < -0.39 is 12.0 Å². The maximum atomic E-state index is 12.8. The number of amides is 3. The fraction of sp³-hybridized carbons (Fsp3) is 0.591. The van der Waals surface area contributed by atoms with E-state index in [0.717, 1.165) is 29.7 Å². The van der Waals surface area contributed by atoms with Crippen LogP contribution in [-0.4, -0.2) is 55.2 Å². The molecule has 1 aliphatic heterocycles. The number of fused-ring (bicyclic) bond motifs is 1. The number of nitrogens with one attached hydrogen (secondary N) is 2. The van der Waals surface area contributed by atoms with Gasteiger partial charge in [0.1, 0.15) is 18.4 Å². The monoisotopic (exact) mass is 417 g/mol. The zero-order valence-corrected chi connectivity index (χ0v) is 17.9. The summed E-state index contributed by atoms with van der Waals surface area (Å²) in [5.74, 6) is 0.263. The molecule has 2 aliphatic rings. The van der Waals surface area contributed by atoms with Crippen molar-refractivity contribution in [1.29, 1.82) is 0 Å². The molecule has 0 bridgehead atoms. The zero-order chi connectivity index (χ0) is 21.7. The van der Waals surface area contributed by atoms with E-state index in [9.17, 15) is 14.4 Å². The average Bonchev–Trinajstić information content (AvgIpc) is 3.55. The van der Waals surface area contributed by atoms with Gasteiger partial charge < -0.3 is 25.0 Å². The second kappa shape index (κ2) is 9.82. The Balaban J connectivity index is 1.63. The molecule has 30 heavy (non-hydrogen) atoms. The third-order valence-corrected chi connectivity index (χ3v) is 5.38. The Labute approximate surface area is 177 Å². The van der Waals surface area contributed by atoms with E-state index in [0.29, 0.717) is 38.6 Å². The molecule has 0 aromatic heterocycles. The van der Waals surface area contributed by atoms with Crippen LogP contribution in [0.2, 0.25) is 0 Å². The van der Waals surface area contributed by atoms with Crippen molar-refractivity contribution in [3.05, 3.63) is 29.3 Å². The lowest BCUT2D eigenvalue weighted by atomic mass is 10.0. The van der Waals surface area contributed by atoms with Crippen molar-refractivity contribution in [1.82, 2.24) is 15.5 Å². The molecule has 1 heterocycles. The van der Waals surface area contributed by atoms with E-state index in [2.05, 4.69) is 10.6 Å². The third-order valence-electron chi connectivity index (χ3n) is 5.38. The van der Waals surface area contributed by atoms with Gasteiger partial charge in [-0.15, -0.1) is 0 Å². The van der Waals surface area contributed by atoms with E-state index in [1.165, 1.54) is 7.11 Å². The Bertz CT molecular complexity index is 791. The highest BCUT2D eigenvalue weighted by Gasteiger charge is 2.28. The highest BCUT2D eigenvalue weighted by atomic mass is 16.5. The van der Waals surface area contributed by atoms with E-state index in [1.54, 1.807) is 4.90 Å². The van der Waals surface area contributed by atoms with Gasteiger partial charge in [0, 0.05) is 18.0 Å². The maximum absolute atomic E-state index is 12.8. The number of rotatable bonds is 7. The number of benzene rings is 1. The Kier molecular flexibility index (Phi) is 7.18. The number of hydrogen-bond donors (Lipinski definition) is 2. The molecular weight excluding hydrogens is 386 g/mol. The minimum atomic E-state index is -0.706. The van der Waals surface area contributed by atoms with Gasteiger partial charge in [-0.1, -0.05) is 26.0 Å². The SMILES string of the molecule is COC(=O)C(NC(=O)N1CCOc2ccc(CCC(=O)NC3CC3)cc2C1)C(C)C. The number of aryl methyl sites for hydroxylation is 1. The van der Waals surface area contributed by atoms with Crippen molar-refractivity contribution in [3.8, 4) is 5.75 Å². The first kappa shape index (κ1) is 21.9. The first-order chi connectivity index (χ1) is 14.4. The van der Waals surface area contributed by atoms with Gasteiger partial charge in [0.25, 0.3) is 0 Å². The first-order valence-electron chi connectivity index (χ1n) is 10.5. The number of urea groups is 1. The molecule has 1 fully saturated rings. The second-order valence-electron chi connectivity index (χ2n) is 8.25. The summed E-state index contributed by atoms with van der Waals surface area (Å²) in [4.78, 5) is 38.4. The van der Waals surface area contributed by atoms with Crippen molar-refractivity contribution < 1.29 is 23.9 Å². The molecule has 0 radical (unpaired) electrons. The molecule has 1 unspecified atom stereocenters. The van der Waals surface area contributed by atoms with Gasteiger partial charge in [-0.05, 0) is 36.8 Å². The second-order valence-corrected chi connectivity index (χ2v) is 8.25. The molecule has 0 saturated heterocycles. The van der Waals surface area contributed by atoms with Gasteiger partial charge in [0.15, 0.2) is 0 Å². The molecule has 3 amide bonds. The Morgan fingerprint density at radius 3 is 2.70 bits per heavy atom. The summed E-state index contributed by atoms with van der Waals surface area (Å²) in [6.07, 6.45) is 3.23. The van der Waals surface area contributed by atoms with Crippen LogP contribution in [0.4, 0.5) is 4.79 Å². The Morgan fingerprint density at radius 2 is 2.03 bits per heavy atom. The number of carbonyl (C=O) groups is 3. The van der Waals surface area contributed by atoms with Crippen molar-refractivity contribution in [2.45, 2.75) is 58.2 Å². The van der Waals surface area contributed by atoms with Gasteiger partial charge in [-0.3, -0.25) is 4.79 Å². The lowest BCUT2D eigenvalue weighted by Gasteiger charge is -2.25. The average molecular weight is 418 g/mol. The summed E-state index contributed by atoms with van der Waals surface area (Å²) in [5.41, 5.74) is 1.92. The Morgan fingerprint density at radius 1 is 1.27 bits per heavy atom. The summed E-state index contributed by atoms with van der Waals surface area (Å²) < 4.78 is 10.6. The molecular formula is C22H31N3O5. The number of carbonyl (C=O) groups excluding carboxylic acids is 3. The molecule has 8 heteroatoms. The zero-order valence-electron chi connectivity index (χ0n) is 17.9. The van der Waals surface area contributed by atoms with Crippen LogP contribution in [0.1, 0.15) is 44.2 Å². The van der Waals surface area contributed by atoms with Gasteiger partial charge in [-0.2, -0.15) is 0 Å². The molecule has 8 nitrogen and oxygen atoms in total. The number of methoxy groups -OCH3 is 1. The summed E-state index contributed by atoms with van der Waals surface area (Å²) in [7, 11) is 1.31. The maximum Gasteiger partial charge on any atom is 0.328 e. The molecule has 1 aliphatic carbocycles. The quantitative estimate of drug-likeness (QED) is 0.662. The van der Waals surface area contributed by atoms with E-state index in [-0.39, 0.29) is 17.9 Å². The number of esters is 1. The Hall–Kier alpha value is -2.77. The smallest absolute Gasteiger partial charge is 0.328 e. The highest BCUT2D eigenvalue weighted by molar-refractivity contribution is 5.84. The summed E-state index contributed by atoms with van der Waals surface area (Å²) >= 11 is 0. The number of nitrogens with zero attached hydrogens (tertiary/aromatic N) is 1. The number of ether oxygens (including phenoxy) is 2. The van der Waals surface area contributed by atoms with Crippen molar-refractivity contribution >= 4 is 17.9 Å². The topological polar surface area (TPSA) is 97.0 Å². The fourth-order valence-corrected chi connectivity index (χ4v) is 3.41. The molecule has 1 aromatic carbocycles.